The number of amides is 1. The summed E-state index contributed by atoms with van der Waals surface area (Å²) < 4.78 is 0. The second-order valence-corrected chi connectivity index (χ2v) is 4.04. The average Bonchev–Trinajstić information content (AvgIpc) is 2.37. The first-order valence-electron chi connectivity index (χ1n) is 5.46. The predicted octanol–water partition coefficient (Wildman–Crippen LogP) is 0.675. The molecule has 0 saturated heterocycles. The lowest BCUT2D eigenvalue weighted by molar-refractivity contribution is -0.385. The van der Waals surface area contributed by atoms with Crippen molar-refractivity contribution in [2.24, 2.45) is 0 Å². The van der Waals surface area contributed by atoms with E-state index in [1.807, 2.05) is 0 Å². The minimum Gasteiger partial charge on any atom is -0.395 e. The molecule has 1 aromatic rings. The molecule has 0 aliphatic heterocycles. The van der Waals surface area contributed by atoms with Gasteiger partial charge in [0.25, 0.3) is 5.91 Å². The van der Waals surface area contributed by atoms with Gasteiger partial charge in [0.15, 0.2) is 0 Å². The fraction of sp³-hybridized carbons (Fsp3) is 0.364. The standard InChI is InChI=1S/C11H13ClN2O5/c12-9-3-1-2-8(10(9)14(18)19)11(17)13(4-6-15)5-7-16/h1-3,15-16H,4-7H2. The summed E-state index contributed by atoms with van der Waals surface area (Å²) in [7, 11) is 0. The fourth-order valence-electron chi connectivity index (χ4n) is 1.60. The molecular weight excluding hydrogens is 276 g/mol. The highest BCUT2D eigenvalue weighted by Crippen LogP contribution is 2.29. The van der Waals surface area contributed by atoms with Crippen molar-refractivity contribution in [3.05, 3.63) is 38.9 Å². The Balaban J connectivity index is 3.17. The molecule has 1 amide bonds. The number of nitro benzene ring substituents is 1. The van der Waals surface area contributed by atoms with Crippen molar-refractivity contribution in [1.82, 2.24) is 4.90 Å². The second-order valence-electron chi connectivity index (χ2n) is 3.63. The van der Waals surface area contributed by atoms with Crippen molar-refractivity contribution in [2.45, 2.75) is 0 Å². The third-order valence-electron chi connectivity index (χ3n) is 2.43. The first kappa shape index (κ1) is 15.4. The van der Waals surface area contributed by atoms with Crippen LogP contribution in [-0.4, -0.2) is 52.2 Å². The first-order valence-corrected chi connectivity index (χ1v) is 5.84. The number of hydrogen-bond donors (Lipinski definition) is 2. The van der Waals surface area contributed by atoms with E-state index < -0.39 is 16.5 Å². The lowest BCUT2D eigenvalue weighted by Crippen LogP contribution is -2.36. The Kier molecular flexibility index (Phi) is 5.68. The molecule has 2 N–H and O–H groups in total. The summed E-state index contributed by atoms with van der Waals surface area (Å²) in [6.45, 7) is -0.660. The van der Waals surface area contributed by atoms with Gasteiger partial charge in [-0.1, -0.05) is 17.7 Å². The molecular formula is C11H13ClN2O5. The normalized spacial score (nSPS) is 10.3. The highest BCUT2D eigenvalue weighted by Gasteiger charge is 2.26. The number of aliphatic hydroxyl groups is 2. The van der Waals surface area contributed by atoms with Gasteiger partial charge in [-0.2, -0.15) is 0 Å². The highest BCUT2D eigenvalue weighted by molar-refractivity contribution is 6.33. The summed E-state index contributed by atoms with van der Waals surface area (Å²) in [6.07, 6.45) is 0. The Morgan fingerprint density at radius 3 is 2.37 bits per heavy atom. The Hall–Kier alpha value is -1.70. The molecule has 0 radical (unpaired) electrons. The molecule has 0 aromatic heterocycles. The molecule has 0 saturated carbocycles. The molecule has 7 nitrogen and oxygen atoms in total. The van der Waals surface area contributed by atoms with Crippen LogP contribution in [0, 0.1) is 10.1 Å². The van der Waals surface area contributed by atoms with Crippen LogP contribution in [-0.2, 0) is 0 Å². The lowest BCUT2D eigenvalue weighted by Gasteiger charge is -2.20. The van der Waals surface area contributed by atoms with E-state index in [-0.39, 0.29) is 36.9 Å². The summed E-state index contributed by atoms with van der Waals surface area (Å²) in [5.41, 5.74) is -0.644. The van der Waals surface area contributed by atoms with Crippen LogP contribution in [0.3, 0.4) is 0 Å². The average molecular weight is 289 g/mol. The van der Waals surface area contributed by atoms with E-state index in [0.717, 1.165) is 4.90 Å². The van der Waals surface area contributed by atoms with Gasteiger partial charge in [-0.05, 0) is 12.1 Å². The minimum atomic E-state index is -0.731. The minimum absolute atomic E-state index is 0.0247. The number of nitrogens with zero attached hydrogens (tertiary/aromatic N) is 2. The maximum Gasteiger partial charge on any atom is 0.300 e. The predicted molar refractivity (Wildman–Crippen MR) is 68.2 cm³/mol. The van der Waals surface area contributed by atoms with E-state index >= 15 is 0 Å². The zero-order chi connectivity index (χ0) is 14.4. The maximum absolute atomic E-state index is 12.1. The molecule has 1 rings (SSSR count). The quantitative estimate of drug-likeness (QED) is 0.591. The van der Waals surface area contributed by atoms with Crippen LogP contribution >= 0.6 is 11.6 Å². The lowest BCUT2D eigenvalue weighted by atomic mass is 10.1. The number of carbonyl (C=O) groups excluding carboxylic acids is 1. The van der Waals surface area contributed by atoms with Gasteiger partial charge in [0.2, 0.25) is 0 Å². The number of benzene rings is 1. The monoisotopic (exact) mass is 288 g/mol. The molecule has 0 aliphatic rings. The molecule has 104 valence electrons. The van der Waals surface area contributed by atoms with E-state index in [9.17, 15) is 14.9 Å². The third kappa shape index (κ3) is 3.63. The summed E-state index contributed by atoms with van der Waals surface area (Å²) >= 11 is 5.72. The van der Waals surface area contributed by atoms with Gasteiger partial charge in [0, 0.05) is 13.1 Å². The van der Waals surface area contributed by atoms with Gasteiger partial charge in [0.1, 0.15) is 10.6 Å². The molecule has 1 aromatic carbocycles. The van der Waals surface area contributed by atoms with Gasteiger partial charge in [-0.15, -0.1) is 0 Å². The van der Waals surface area contributed by atoms with Crippen molar-refractivity contribution in [3.63, 3.8) is 0 Å². The van der Waals surface area contributed by atoms with Crippen LogP contribution in [0.5, 0.6) is 0 Å². The highest BCUT2D eigenvalue weighted by atomic mass is 35.5. The number of nitro groups is 1. The largest absolute Gasteiger partial charge is 0.395 e. The maximum atomic E-state index is 12.1. The van der Waals surface area contributed by atoms with Gasteiger partial charge in [0.05, 0.1) is 18.1 Å². The van der Waals surface area contributed by atoms with Crippen LogP contribution in [0.15, 0.2) is 18.2 Å². The molecule has 0 heterocycles. The SMILES string of the molecule is O=C(c1cccc(Cl)c1[N+](=O)[O-])N(CCO)CCO. The molecule has 0 spiro atoms. The van der Waals surface area contributed by atoms with Gasteiger partial charge in [-0.25, -0.2) is 0 Å². The number of halogens is 1. The zero-order valence-corrected chi connectivity index (χ0v) is 10.7. The van der Waals surface area contributed by atoms with Crippen LogP contribution < -0.4 is 0 Å². The van der Waals surface area contributed by atoms with Crippen LogP contribution in [0.2, 0.25) is 5.02 Å². The molecule has 0 atom stereocenters. The summed E-state index contributed by atoms with van der Waals surface area (Å²) in [4.78, 5) is 23.5. The summed E-state index contributed by atoms with van der Waals surface area (Å²) in [5.74, 6) is -0.655. The van der Waals surface area contributed by atoms with Crippen LogP contribution in [0.1, 0.15) is 10.4 Å². The molecule has 19 heavy (non-hydrogen) atoms. The van der Waals surface area contributed by atoms with Crippen LogP contribution in [0.4, 0.5) is 5.69 Å². The molecule has 0 unspecified atom stereocenters. The van der Waals surface area contributed by atoms with Crippen molar-refractivity contribution in [2.75, 3.05) is 26.3 Å². The Morgan fingerprint density at radius 2 is 1.89 bits per heavy atom. The topological polar surface area (TPSA) is 104 Å². The van der Waals surface area contributed by atoms with Crippen molar-refractivity contribution >= 4 is 23.2 Å². The number of rotatable bonds is 6. The van der Waals surface area contributed by atoms with Crippen LogP contribution in [0.25, 0.3) is 0 Å². The fourth-order valence-corrected chi connectivity index (χ4v) is 1.84. The van der Waals surface area contributed by atoms with E-state index in [0.29, 0.717) is 0 Å². The Bertz CT molecular complexity index is 474. The molecule has 0 aliphatic carbocycles. The molecule has 8 heteroatoms. The van der Waals surface area contributed by atoms with Gasteiger partial charge < -0.3 is 15.1 Å². The van der Waals surface area contributed by atoms with Crippen molar-refractivity contribution in [1.29, 1.82) is 0 Å². The molecule has 0 fully saturated rings. The smallest absolute Gasteiger partial charge is 0.300 e. The Morgan fingerprint density at radius 1 is 1.32 bits per heavy atom. The van der Waals surface area contributed by atoms with E-state index in [1.54, 1.807) is 0 Å². The van der Waals surface area contributed by atoms with E-state index in [2.05, 4.69) is 0 Å². The third-order valence-corrected chi connectivity index (χ3v) is 2.73. The summed E-state index contributed by atoms with van der Waals surface area (Å²) in [5, 5.41) is 28.5. The van der Waals surface area contributed by atoms with Gasteiger partial charge in [-0.3, -0.25) is 14.9 Å². The Labute approximate surface area is 114 Å². The summed E-state index contributed by atoms with van der Waals surface area (Å²) in [6, 6.07) is 4.03. The van der Waals surface area contributed by atoms with Crippen molar-refractivity contribution < 1.29 is 19.9 Å². The van der Waals surface area contributed by atoms with E-state index in [4.69, 9.17) is 21.8 Å². The number of para-hydroxylation sites is 1. The first-order chi connectivity index (χ1) is 9.02. The zero-order valence-electron chi connectivity index (χ0n) is 9.95. The number of hydrogen-bond acceptors (Lipinski definition) is 5. The van der Waals surface area contributed by atoms with E-state index in [1.165, 1.54) is 18.2 Å². The van der Waals surface area contributed by atoms with Crippen molar-refractivity contribution in [3.8, 4) is 0 Å². The second kappa shape index (κ2) is 7.03. The van der Waals surface area contributed by atoms with Gasteiger partial charge >= 0.3 is 5.69 Å². The molecule has 0 bridgehead atoms. The number of aliphatic hydroxyl groups excluding tert-OH is 2. The number of carbonyl (C=O) groups is 1.